The lowest BCUT2D eigenvalue weighted by molar-refractivity contribution is 0.0992. The first kappa shape index (κ1) is 12.8. The van der Waals surface area contributed by atoms with Crippen LogP contribution in [0.25, 0.3) is 0 Å². The molecule has 0 N–H and O–H groups in total. The maximum absolute atomic E-state index is 12.2. The highest BCUT2D eigenvalue weighted by atomic mass is 35.5. The van der Waals surface area contributed by atoms with Gasteiger partial charge in [-0.15, -0.1) is 0 Å². The summed E-state index contributed by atoms with van der Waals surface area (Å²) in [6.45, 7) is 3.81. The van der Waals surface area contributed by atoms with Crippen molar-refractivity contribution < 1.29 is 4.79 Å². The van der Waals surface area contributed by atoms with Crippen molar-refractivity contribution in [2.75, 3.05) is 0 Å². The highest BCUT2D eigenvalue weighted by molar-refractivity contribution is 6.31. The monoisotopic (exact) mass is 262 g/mol. The Morgan fingerprint density at radius 3 is 2.67 bits per heavy atom. The van der Waals surface area contributed by atoms with Gasteiger partial charge in [0, 0.05) is 24.7 Å². The van der Waals surface area contributed by atoms with Gasteiger partial charge >= 0.3 is 0 Å². The summed E-state index contributed by atoms with van der Waals surface area (Å²) in [5.74, 6) is 0.0475. The molecule has 0 aliphatic heterocycles. The molecule has 2 rings (SSSR count). The van der Waals surface area contributed by atoms with E-state index in [9.17, 15) is 4.79 Å². The molecule has 0 atom stereocenters. The van der Waals surface area contributed by atoms with Gasteiger partial charge < -0.3 is 0 Å². The van der Waals surface area contributed by atoms with Gasteiger partial charge in [-0.2, -0.15) is 5.10 Å². The van der Waals surface area contributed by atoms with Crippen molar-refractivity contribution in [1.82, 2.24) is 9.78 Å². The van der Waals surface area contributed by atoms with Crippen LogP contribution in [-0.4, -0.2) is 15.6 Å². The van der Waals surface area contributed by atoms with E-state index in [1.54, 1.807) is 10.9 Å². The summed E-state index contributed by atoms with van der Waals surface area (Å²) >= 11 is 6.13. The van der Waals surface area contributed by atoms with E-state index < -0.39 is 0 Å². The average molecular weight is 263 g/mol. The molecule has 1 aromatic heterocycles. The standard InChI is InChI=1S/C14H15ClN2O/c1-9-4-5-11(13(15)6-9)7-14(18)12-8-17(3)16-10(12)2/h4-6,8H,7H2,1-3H3. The maximum Gasteiger partial charge on any atom is 0.170 e. The fourth-order valence-corrected chi connectivity index (χ4v) is 2.24. The molecule has 1 heterocycles. The Kier molecular flexibility index (Phi) is 3.53. The Bertz CT molecular complexity index is 602. The molecule has 0 saturated heterocycles. The van der Waals surface area contributed by atoms with Crippen LogP contribution in [-0.2, 0) is 13.5 Å². The molecule has 0 spiro atoms. The number of carbonyl (C=O) groups excluding carboxylic acids is 1. The molecule has 0 saturated carbocycles. The third-order valence-corrected chi connectivity index (χ3v) is 3.23. The number of rotatable bonds is 3. The van der Waals surface area contributed by atoms with Gasteiger partial charge in [-0.25, -0.2) is 0 Å². The summed E-state index contributed by atoms with van der Waals surface area (Å²) in [7, 11) is 1.81. The summed E-state index contributed by atoms with van der Waals surface area (Å²) in [5, 5.41) is 4.82. The van der Waals surface area contributed by atoms with E-state index in [-0.39, 0.29) is 5.78 Å². The summed E-state index contributed by atoms with van der Waals surface area (Å²) < 4.78 is 1.65. The predicted octanol–water partition coefficient (Wildman–Crippen LogP) is 3.12. The van der Waals surface area contributed by atoms with E-state index in [0.29, 0.717) is 17.0 Å². The van der Waals surface area contributed by atoms with Gasteiger partial charge in [-0.05, 0) is 31.0 Å². The van der Waals surface area contributed by atoms with Crippen molar-refractivity contribution in [1.29, 1.82) is 0 Å². The van der Waals surface area contributed by atoms with Gasteiger partial charge in [0.2, 0.25) is 0 Å². The minimum absolute atomic E-state index is 0.0475. The van der Waals surface area contributed by atoms with Crippen molar-refractivity contribution in [3.63, 3.8) is 0 Å². The van der Waals surface area contributed by atoms with Gasteiger partial charge in [0.25, 0.3) is 0 Å². The number of aryl methyl sites for hydroxylation is 3. The molecule has 0 radical (unpaired) electrons. The van der Waals surface area contributed by atoms with Crippen LogP contribution >= 0.6 is 11.6 Å². The number of nitrogens with zero attached hydrogens (tertiary/aromatic N) is 2. The Hall–Kier alpha value is -1.61. The van der Waals surface area contributed by atoms with Gasteiger partial charge in [-0.1, -0.05) is 23.7 Å². The lowest BCUT2D eigenvalue weighted by atomic mass is 10.0. The van der Waals surface area contributed by atoms with Gasteiger partial charge in [-0.3, -0.25) is 9.48 Å². The van der Waals surface area contributed by atoms with E-state index in [1.807, 2.05) is 39.1 Å². The molecule has 2 aromatic rings. The molecule has 0 unspecified atom stereocenters. The third kappa shape index (κ3) is 2.62. The van der Waals surface area contributed by atoms with Crippen molar-refractivity contribution in [2.45, 2.75) is 20.3 Å². The Labute approximate surface area is 111 Å². The van der Waals surface area contributed by atoms with Crippen molar-refractivity contribution >= 4 is 17.4 Å². The Morgan fingerprint density at radius 2 is 2.11 bits per heavy atom. The van der Waals surface area contributed by atoms with E-state index in [0.717, 1.165) is 16.8 Å². The topological polar surface area (TPSA) is 34.9 Å². The SMILES string of the molecule is Cc1ccc(CC(=O)c2cn(C)nc2C)c(Cl)c1. The summed E-state index contributed by atoms with van der Waals surface area (Å²) in [5.41, 5.74) is 3.36. The number of Topliss-reactive ketones (excluding diaryl/α,β-unsaturated/α-hetero) is 1. The second-order valence-electron chi connectivity index (χ2n) is 4.50. The van der Waals surface area contributed by atoms with Crippen LogP contribution in [0.3, 0.4) is 0 Å². The van der Waals surface area contributed by atoms with E-state index in [2.05, 4.69) is 5.10 Å². The Morgan fingerprint density at radius 1 is 1.39 bits per heavy atom. The molecular weight excluding hydrogens is 248 g/mol. The molecule has 0 aliphatic rings. The van der Waals surface area contributed by atoms with Crippen LogP contribution in [0, 0.1) is 13.8 Å². The zero-order chi connectivity index (χ0) is 13.3. The van der Waals surface area contributed by atoms with Crippen LogP contribution in [0.4, 0.5) is 0 Å². The lowest BCUT2D eigenvalue weighted by Gasteiger charge is -2.04. The molecule has 4 heteroatoms. The third-order valence-electron chi connectivity index (χ3n) is 2.87. The van der Waals surface area contributed by atoms with Gasteiger partial charge in [0.15, 0.2) is 5.78 Å². The second-order valence-corrected chi connectivity index (χ2v) is 4.90. The lowest BCUT2D eigenvalue weighted by Crippen LogP contribution is -2.04. The molecule has 0 bridgehead atoms. The van der Waals surface area contributed by atoms with Crippen LogP contribution < -0.4 is 0 Å². The first-order valence-electron chi connectivity index (χ1n) is 5.76. The summed E-state index contributed by atoms with van der Waals surface area (Å²) in [6.07, 6.45) is 2.06. The highest BCUT2D eigenvalue weighted by Gasteiger charge is 2.14. The number of hydrogen-bond donors (Lipinski definition) is 0. The van der Waals surface area contributed by atoms with Crippen LogP contribution in [0.1, 0.15) is 27.2 Å². The van der Waals surface area contributed by atoms with Crippen LogP contribution in [0.2, 0.25) is 5.02 Å². The first-order valence-corrected chi connectivity index (χ1v) is 6.13. The number of hydrogen-bond acceptors (Lipinski definition) is 2. The molecule has 18 heavy (non-hydrogen) atoms. The first-order chi connectivity index (χ1) is 8.47. The van der Waals surface area contributed by atoms with E-state index in [4.69, 9.17) is 11.6 Å². The minimum atomic E-state index is 0.0475. The molecule has 1 aromatic carbocycles. The van der Waals surface area contributed by atoms with Crippen molar-refractivity contribution in [2.24, 2.45) is 7.05 Å². The van der Waals surface area contributed by atoms with Crippen LogP contribution in [0.15, 0.2) is 24.4 Å². The molecule has 0 amide bonds. The number of benzene rings is 1. The fraction of sp³-hybridized carbons (Fsp3) is 0.286. The smallest absolute Gasteiger partial charge is 0.170 e. The molecule has 0 aliphatic carbocycles. The number of ketones is 1. The molecule has 94 valence electrons. The highest BCUT2D eigenvalue weighted by Crippen LogP contribution is 2.20. The zero-order valence-corrected chi connectivity index (χ0v) is 11.5. The Balaban J connectivity index is 2.24. The second kappa shape index (κ2) is 4.94. The van der Waals surface area contributed by atoms with Crippen molar-refractivity contribution in [3.05, 3.63) is 51.8 Å². The summed E-state index contributed by atoms with van der Waals surface area (Å²) in [6, 6.07) is 5.74. The van der Waals surface area contributed by atoms with Gasteiger partial charge in [0.1, 0.15) is 0 Å². The number of carbonyl (C=O) groups is 1. The average Bonchev–Trinajstić information content (AvgIpc) is 2.62. The summed E-state index contributed by atoms with van der Waals surface area (Å²) in [4.78, 5) is 12.2. The molecule has 0 fully saturated rings. The zero-order valence-electron chi connectivity index (χ0n) is 10.7. The number of aromatic nitrogens is 2. The van der Waals surface area contributed by atoms with Gasteiger partial charge in [0.05, 0.1) is 11.3 Å². The minimum Gasteiger partial charge on any atom is -0.294 e. The fourth-order valence-electron chi connectivity index (χ4n) is 1.94. The largest absolute Gasteiger partial charge is 0.294 e. The van der Waals surface area contributed by atoms with E-state index in [1.165, 1.54) is 0 Å². The number of halogens is 1. The molecule has 3 nitrogen and oxygen atoms in total. The normalized spacial score (nSPS) is 10.7. The van der Waals surface area contributed by atoms with E-state index >= 15 is 0 Å². The maximum atomic E-state index is 12.2. The predicted molar refractivity (Wildman–Crippen MR) is 72.2 cm³/mol. The quantitative estimate of drug-likeness (QED) is 0.797. The molecular formula is C14H15ClN2O. The van der Waals surface area contributed by atoms with Crippen LogP contribution in [0.5, 0.6) is 0 Å². The van der Waals surface area contributed by atoms with Crippen molar-refractivity contribution in [3.8, 4) is 0 Å².